The highest BCUT2D eigenvalue weighted by molar-refractivity contribution is 7.81. The highest BCUT2D eigenvalue weighted by Gasteiger charge is 2.53. The van der Waals surface area contributed by atoms with Crippen molar-refractivity contribution in [3.05, 3.63) is 71.8 Å². The van der Waals surface area contributed by atoms with Crippen LogP contribution in [0.5, 0.6) is 0 Å². The summed E-state index contributed by atoms with van der Waals surface area (Å²) in [6.07, 6.45) is 12.6. The molecule has 4 heteroatoms. The summed E-state index contributed by atoms with van der Waals surface area (Å²) in [6, 6.07) is 23.0. The molecule has 0 aromatic heterocycles. The molecule has 2 fully saturated rings. The van der Waals surface area contributed by atoms with E-state index in [1.807, 2.05) is 0 Å². The Morgan fingerprint density at radius 2 is 1.22 bits per heavy atom. The summed E-state index contributed by atoms with van der Waals surface area (Å²) in [7, 11) is 0. The van der Waals surface area contributed by atoms with Crippen LogP contribution in [0.2, 0.25) is 0 Å². The Hall–Kier alpha value is -0.160. The summed E-state index contributed by atoms with van der Waals surface area (Å²) in [5.41, 5.74) is 3.01. The molecule has 2 aliphatic rings. The molecule has 2 saturated carbocycles. The van der Waals surface area contributed by atoms with Gasteiger partial charge < -0.3 is 0 Å². The molecular formula is C32H46S4. The second kappa shape index (κ2) is 14.3. The van der Waals surface area contributed by atoms with Gasteiger partial charge in [-0.3, -0.25) is 0 Å². The summed E-state index contributed by atoms with van der Waals surface area (Å²) >= 11 is 19.8. The zero-order valence-electron chi connectivity index (χ0n) is 21.7. The van der Waals surface area contributed by atoms with Gasteiger partial charge in [0.15, 0.2) is 0 Å². The van der Waals surface area contributed by atoms with Crippen LogP contribution in [0.3, 0.4) is 0 Å². The van der Waals surface area contributed by atoms with E-state index in [-0.39, 0.29) is 5.41 Å². The van der Waals surface area contributed by atoms with Crippen molar-refractivity contribution in [3.63, 3.8) is 0 Å². The quantitative estimate of drug-likeness (QED) is 0.194. The van der Waals surface area contributed by atoms with Gasteiger partial charge in [-0.2, -0.15) is 50.5 Å². The normalized spacial score (nSPS) is 28.2. The first-order valence-electron chi connectivity index (χ1n) is 14.3. The molecule has 0 aliphatic heterocycles. The van der Waals surface area contributed by atoms with E-state index in [1.165, 1.54) is 62.5 Å². The fraction of sp³-hybridized carbons (Fsp3) is 0.625. The molecular weight excluding hydrogens is 513 g/mol. The number of benzene rings is 2. The van der Waals surface area contributed by atoms with Crippen LogP contribution in [-0.4, -0.2) is 22.5 Å². The van der Waals surface area contributed by atoms with E-state index in [0.717, 1.165) is 41.9 Å². The second-order valence-corrected chi connectivity index (χ2v) is 13.2. The van der Waals surface area contributed by atoms with Crippen molar-refractivity contribution in [3.8, 4) is 0 Å². The maximum atomic E-state index is 5.74. The van der Waals surface area contributed by atoms with Crippen molar-refractivity contribution in [1.29, 1.82) is 0 Å². The molecule has 2 aromatic rings. The van der Waals surface area contributed by atoms with E-state index in [0.29, 0.717) is 23.0 Å². The number of thiol groups is 4. The van der Waals surface area contributed by atoms with Gasteiger partial charge in [-0.1, -0.05) is 60.7 Å². The van der Waals surface area contributed by atoms with Gasteiger partial charge in [-0.05, 0) is 122 Å². The predicted molar refractivity (Wildman–Crippen MR) is 172 cm³/mol. The molecule has 3 unspecified atom stereocenters. The van der Waals surface area contributed by atoms with Gasteiger partial charge in [-0.25, -0.2) is 0 Å². The van der Waals surface area contributed by atoms with Gasteiger partial charge in [0.25, 0.3) is 0 Å². The van der Waals surface area contributed by atoms with E-state index in [4.69, 9.17) is 25.3 Å². The van der Waals surface area contributed by atoms with Gasteiger partial charge >= 0.3 is 0 Å². The van der Waals surface area contributed by atoms with Crippen molar-refractivity contribution >= 4 is 50.5 Å². The minimum absolute atomic E-state index is 0.00864. The first-order chi connectivity index (χ1) is 17.6. The maximum Gasteiger partial charge on any atom is 0.0169 e. The minimum atomic E-state index is 0.00864. The zero-order chi connectivity index (χ0) is 25.4. The lowest BCUT2D eigenvalue weighted by Crippen LogP contribution is -2.52. The smallest absolute Gasteiger partial charge is 0.0169 e. The number of hydrogen-bond donors (Lipinski definition) is 4. The Labute approximate surface area is 242 Å². The summed E-state index contributed by atoms with van der Waals surface area (Å²) in [6.45, 7) is 0. The van der Waals surface area contributed by atoms with Crippen molar-refractivity contribution in [2.24, 2.45) is 23.7 Å². The first-order valence-corrected chi connectivity index (χ1v) is 16.7. The Balaban J connectivity index is 1.85. The first kappa shape index (κ1) is 28.8. The zero-order valence-corrected chi connectivity index (χ0v) is 25.3. The highest BCUT2D eigenvalue weighted by Crippen LogP contribution is 2.58. The van der Waals surface area contributed by atoms with Crippen LogP contribution in [0.25, 0.3) is 0 Å². The standard InChI is InChI=1S/C32H46S4/c33-21-7-12-30(26-8-3-1-4-9-26)32(28-10-5-2-6-11-28,29-19-15-25(23-35)16-20-29)31(36)27-17-13-24(22-34)14-18-27/h1-6,8-11,24-25,27,29-31,33-36H,7,12-23H2. The fourth-order valence-electron chi connectivity index (χ4n) is 7.63. The number of rotatable bonds is 11. The SMILES string of the molecule is SCCCC(c1ccccc1)C(c1ccccc1)(C1CCC(CS)CC1)C(S)C1CCC(CS)CC1. The average molecular weight is 559 g/mol. The molecule has 2 aromatic carbocycles. The topological polar surface area (TPSA) is 0 Å². The molecule has 198 valence electrons. The molecule has 3 atom stereocenters. The molecule has 36 heavy (non-hydrogen) atoms. The van der Waals surface area contributed by atoms with Gasteiger partial charge in [-0.15, -0.1) is 0 Å². The lowest BCUT2D eigenvalue weighted by atomic mass is 9.52. The molecule has 0 heterocycles. The minimum Gasteiger partial charge on any atom is -0.179 e. The lowest BCUT2D eigenvalue weighted by molar-refractivity contribution is 0.107. The van der Waals surface area contributed by atoms with E-state index in [2.05, 4.69) is 85.9 Å². The van der Waals surface area contributed by atoms with E-state index in [1.54, 1.807) is 0 Å². The van der Waals surface area contributed by atoms with Crippen LogP contribution in [-0.2, 0) is 5.41 Å². The van der Waals surface area contributed by atoms with Crippen LogP contribution in [0.4, 0.5) is 0 Å². The van der Waals surface area contributed by atoms with Crippen molar-refractivity contribution in [2.75, 3.05) is 17.3 Å². The third-order valence-electron chi connectivity index (χ3n) is 9.57. The second-order valence-electron chi connectivity index (χ2n) is 11.4. The fourth-order valence-corrected chi connectivity index (χ4v) is 9.38. The van der Waals surface area contributed by atoms with Crippen molar-refractivity contribution < 1.29 is 0 Å². The summed E-state index contributed by atoms with van der Waals surface area (Å²) in [5.74, 6) is 6.23. The molecule has 0 N–H and O–H groups in total. The van der Waals surface area contributed by atoms with Crippen molar-refractivity contribution in [2.45, 2.75) is 80.8 Å². The van der Waals surface area contributed by atoms with Crippen LogP contribution >= 0.6 is 50.5 Å². The van der Waals surface area contributed by atoms with Crippen LogP contribution in [0, 0.1) is 23.7 Å². The maximum absolute atomic E-state index is 5.74. The average Bonchev–Trinajstić information content (AvgIpc) is 2.96. The Bertz CT molecular complexity index is 872. The van der Waals surface area contributed by atoms with Gasteiger partial charge in [0.05, 0.1) is 0 Å². The summed E-state index contributed by atoms with van der Waals surface area (Å²) < 4.78 is 0. The molecule has 0 spiro atoms. The Morgan fingerprint density at radius 3 is 1.75 bits per heavy atom. The summed E-state index contributed by atoms with van der Waals surface area (Å²) in [5, 5.41) is 0.337. The molecule has 0 saturated heterocycles. The largest absolute Gasteiger partial charge is 0.179 e. The van der Waals surface area contributed by atoms with Gasteiger partial charge in [0, 0.05) is 10.7 Å². The predicted octanol–water partition coefficient (Wildman–Crippen LogP) is 9.19. The number of hydrogen-bond acceptors (Lipinski definition) is 4. The van der Waals surface area contributed by atoms with Gasteiger partial charge in [0.2, 0.25) is 0 Å². The third kappa shape index (κ3) is 6.35. The molecule has 0 amide bonds. The molecule has 0 bridgehead atoms. The highest BCUT2D eigenvalue weighted by atomic mass is 32.1. The Kier molecular flexibility index (Phi) is 11.4. The van der Waals surface area contributed by atoms with Crippen LogP contribution in [0.15, 0.2) is 60.7 Å². The van der Waals surface area contributed by atoms with Crippen LogP contribution < -0.4 is 0 Å². The third-order valence-corrected chi connectivity index (χ3v) is 11.8. The molecule has 0 radical (unpaired) electrons. The Morgan fingerprint density at radius 1 is 0.694 bits per heavy atom. The molecule has 2 aliphatic carbocycles. The van der Waals surface area contributed by atoms with Gasteiger partial charge in [0.1, 0.15) is 0 Å². The van der Waals surface area contributed by atoms with E-state index in [9.17, 15) is 0 Å². The van der Waals surface area contributed by atoms with E-state index >= 15 is 0 Å². The van der Waals surface area contributed by atoms with Crippen molar-refractivity contribution in [1.82, 2.24) is 0 Å². The van der Waals surface area contributed by atoms with E-state index < -0.39 is 0 Å². The summed E-state index contributed by atoms with van der Waals surface area (Å²) in [4.78, 5) is 0. The van der Waals surface area contributed by atoms with Crippen LogP contribution in [0.1, 0.15) is 81.3 Å². The molecule has 0 nitrogen and oxygen atoms in total. The monoisotopic (exact) mass is 558 g/mol. The molecule has 4 rings (SSSR count). The lowest BCUT2D eigenvalue weighted by Gasteiger charge is -2.55.